The van der Waals surface area contributed by atoms with Crippen LogP contribution in [0.2, 0.25) is 0 Å². The van der Waals surface area contributed by atoms with Crippen LogP contribution >= 0.6 is 15.9 Å². The van der Waals surface area contributed by atoms with Gasteiger partial charge in [-0.2, -0.15) is 0 Å². The summed E-state index contributed by atoms with van der Waals surface area (Å²) < 4.78 is 12.0. The average molecular weight is 343 g/mol. The molecule has 1 fully saturated rings. The van der Waals surface area contributed by atoms with Crippen molar-refractivity contribution in [3.8, 4) is 5.75 Å². The quantitative estimate of drug-likeness (QED) is 0.893. The topological polar surface area (TPSA) is 47.7 Å². The minimum atomic E-state index is 0.158. The summed E-state index contributed by atoms with van der Waals surface area (Å²) in [5.41, 5.74) is 7.18. The van der Waals surface area contributed by atoms with E-state index in [0.717, 1.165) is 41.8 Å². The highest BCUT2D eigenvalue weighted by molar-refractivity contribution is 9.10. The lowest BCUT2D eigenvalue weighted by molar-refractivity contribution is 0.0290. The molecule has 1 saturated heterocycles. The van der Waals surface area contributed by atoms with Gasteiger partial charge >= 0.3 is 0 Å². The molecule has 1 atom stereocenters. The molecule has 0 aromatic heterocycles. The van der Waals surface area contributed by atoms with Crippen molar-refractivity contribution in [3.05, 3.63) is 28.2 Å². The first-order chi connectivity index (χ1) is 9.67. The molecule has 112 valence electrons. The van der Waals surface area contributed by atoms with Gasteiger partial charge in [0.15, 0.2) is 0 Å². The van der Waals surface area contributed by atoms with Gasteiger partial charge in [-0.05, 0) is 38.1 Å². The Morgan fingerprint density at radius 1 is 1.45 bits per heavy atom. The van der Waals surface area contributed by atoms with E-state index in [0.29, 0.717) is 12.6 Å². The molecule has 20 heavy (non-hydrogen) atoms. The monoisotopic (exact) mass is 342 g/mol. The molecule has 0 spiro atoms. The molecule has 0 amide bonds. The molecule has 1 aromatic carbocycles. The Kier molecular flexibility index (Phi) is 5.84. The smallest absolute Gasteiger partial charge is 0.123 e. The maximum absolute atomic E-state index is 6.04. The highest BCUT2D eigenvalue weighted by Crippen LogP contribution is 2.33. The third-order valence-corrected chi connectivity index (χ3v) is 4.53. The first kappa shape index (κ1) is 15.8. The van der Waals surface area contributed by atoms with Crippen LogP contribution in [0.5, 0.6) is 5.75 Å². The van der Waals surface area contributed by atoms with Gasteiger partial charge in [-0.1, -0.05) is 15.9 Å². The van der Waals surface area contributed by atoms with Crippen LogP contribution in [0.25, 0.3) is 0 Å². The lowest BCUT2D eigenvalue weighted by Crippen LogP contribution is -2.41. The van der Waals surface area contributed by atoms with E-state index in [1.807, 2.05) is 12.1 Å². The first-order valence-electron chi connectivity index (χ1n) is 7.00. The fourth-order valence-electron chi connectivity index (χ4n) is 2.83. The van der Waals surface area contributed by atoms with E-state index in [1.165, 1.54) is 0 Å². The second-order valence-corrected chi connectivity index (χ2v) is 6.06. The van der Waals surface area contributed by atoms with Crippen molar-refractivity contribution in [2.75, 3.05) is 33.9 Å². The zero-order valence-corrected chi connectivity index (χ0v) is 13.7. The summed E-state index contributed by atoms with van der Waals surface area (Å²) in [4.78, 5) is 2.37. The fraction of sp³-hybridized carbons (Fsp3) is 0.600. The Morgan fingerprint density at radius 2 is 2.15 bits per heavy atom. The van der Waals surface area contributed by atoms with E-state index in [-0.39, 0.29) is 6.04 Å². The number of halogens is 1. The van der Waals surface area contributed by atoms with E-state index in [2.05, 4.69) is 33.9 Å². The molecular weight excluding hydrogens is 320 g/mol. The molecule has 4 nitrogen and oxygen atoms in total. The Balaban J connectivity index is 2.24. The molecule has 1 unspecified atom stereocenters. The van der Waals surface area contributed by atoms with Crippen LogP contribution in [0.3, 0.4) is 0 Å². The molecule has 0 aliphatic carbocycles. The lowest BCUT2D eigenvalue weighted by Gasteiger charge is -2.37. The molecule has 2 N–H and O–H groups in total. The summed E-state index contributed by atoms with van der Waals surface area (Å²) in [5, 5.41) is 0. The van der Waals surface area contributed by atoms with Gasteiger partial charge in [0.2, 0.25) is 0 Å². The van der Waals surface area contributed by atoms with Crippen LogP contribution in [0.4, 0.5) is 0 Å². The summed E-state index contributed by atoms with van der Waals surface area (Å²) in [7, 11) is 3.85. The Bertz CT molecular complexity index is 436. The SMILES string of the molecule is COc1ccc(Br)cc1C(CN)N(C)C1CCOCC1. The number of hydrogen-bond acceptors (Lipinski definition) is 4. The molecule has 2 rings (SSSR count). The van der Waals surface area contributed by atoms with Crippen LogP contribution < -0.4 is 10.5 Å². The largest absolute Gasteiger partial charge is 0.496 e. The van der Waals surface area contributed by atoms with Gasteiger partial charge in [-0.3, -0.25) is 4.90 Å². The molecule has 0 radical (unpaired) electrons. The Labute approximate surface area is 129 Å². The highest BCUT2D eigenvalue weighted by Gasteiger charge is 2.27. The van der Waals surface area contributed by atoms with Crippen molar-refractivity contribution in [1.82, 2.24) is 4.90 Å². The zero-order chi connectivity index (χ0) is 14.5. The number of rotatable bonds is 5. The lowest BCUT2D eigenvalue weighted by atomic mass is 9.99. The normalized spacial score (nSPS) is 18.2. The summed E-state index contributed by atoms with van der Waals surface area (Å²) in [6.45, 7) is 2.24. The van der Waals surface area contributed by atoms with Crippen LogP contribution in [-0.2, 0) is 4.74 Å². The molecule has 1 heterocycles. The third-order valence-electron chi connectivity index (χ3n) is 4.03. The average Bonchev–Trinajstić information content (AvgIpc) is 2.49. The highest BCUT2D eigenvalue weighted by atomic mass is 79.9. The van der Waals surface area contributed by atoms with E-state index >= 15 is 0 Å². The molecule has 1 aliphatic rings. The van der Waals surface area contributed by atoms with Crippen molar-refractivity contribution in [1.29, 1.82) is 0 Å². The van der Waals surface area contributed by atoms with Gasteiger partial charge in [0, 0.05) is 35.8 Å². The second-order valence-electron chi connectivity index (χ2n) is 5.15. The number of hydrogen-bond donors (Lipinski definition) is 1. The molecule has 1 aliphatic heterocycles. The summed E-state index contributed by atoms with van der Waals surface area (Å²) >= 11 is 3.53. The van der Waals surface area contributed by atoms with Crippen LogP contribution in [0.15, 0.2) is 22.7 Å². The van der Waals surface area contributed by atoms with Crippen molar-refractivity contribution in [2.24, 2.45) is 5.73 Å². The number of nitrogens with two attached hydrogens (primary N) is 1. The molecule has 0 saturated carbocycles. The molecule has 0 bridgehead atoms. The fourth-order valence-corrected chi connectivity index (χ4v) is 3.20. The summed E-state index contributed by atoms with van der Waals surface area (Å²) in [6, 6.07) is 6.75. The van der Waals surface area contributed by atoms with Crippen molar-refractivity contribution < 1.29 is 9.47 Å². The zero-order valence-electron chi connectivity index (χ0n) is 12.1. The van der Waals surface area contributed by atoms with Gasteiger partial charge in [0.25, 0.3) is 0 Å². The molecule has 5 heteroatoms. The number of methoxy groups -OCH3 is 1. The van der Waals surface area contributed by atoms with Crippen LogP contribution in [0.1, 0.15) is 24.4 Å². The molecule has 1 aromatic rings. The van der Waals surface area contributed by atoms with E-state index in [1.54, 1.807) is 7.11 Å². The van der Waals surface area contributed by atoms with Gasteiger partial charge in [-0.15, -0.1) is 0 Å². The minimum absolute atomic E-state index is 0.158. The van der Waals surface area contributed by atoms with E-state index < -0.39 is 0 Å². The van der Waals surface area contributed by atoms with Crippen molar-refractivity contribution in [3.63, 3.8) is 0 Å². The maximum atomic E-state index is 6.04. The predicted molar refractivity (Wildman–Crippen MR) is 84.1 cm³/mol. The summed E-state index contributed by atoms with van der Waals surface area (Å²) in [6.07, 6.45) is 2.12. The summed E-state index contributed by atoms with van der Waals surface area (Å²) in [5.74, 6) is 0.891. The molecular formula is C15H23BrN2O2. The Hall–Kier alpha value is -0.620. The minimum Gasteiger partial charge on any atom is -0.496 e. The van der Waals surface area contributed by atoms with Crippen molar-refractivity contribution in [2.45, 2.75) is 24.9 Å². The van der Waals surface area contributed by atoms with Gasteiger partial charge in [0.05, 0.1) is 13.2 Å². The third kappa shape index (κ3) is 3.52. The van der Waals surface area contributed by atoms with Gasteiger partial charge < -0.3 is 15.2 Å². The number of ether oxygens (including phenoxy) is 2. The first-order valence-corrected chi connectivity index (χ1v) is 7.80. The number of nitrogens with zero attached hydrogens (tertiary/aromatic N) is 1. The van der Waals surface area contributed by atoms with Crippen LogP contribution in [-0.4, -0.2) is 44.9 Å². The predicted octanol–water partition coefficient (Wildman–Crippen LogP) is 2.57. The Morgan fingerprint density at radius 3 is 2.75 bits per heavy atom. The second kappa shape index (κ2) is 7.41. The number of benzene rings is 1. The van der Waals surface area contributed by atoms with Crippen LogP contribution in [0, 0.1) is 0 Å². The van der Waals surface area contributed by atoms with E-state index in [9.17, 15) is 0 Å². The maximum Gasteiger partial charge on any atom is 0.123 e. The standard InChI is InChI=1S/C15H23BrN2O2/c1-18(12-5-7-20-8-6-12)14(10-17)13-9-11(16)3-4-15(13)19-2/h3-4,9,12,14H,5-8,10,17H2,1-2H3. The number of likely N-dealkylation sites (N-methyl/N-ethyl adjacent to an activating group) is 1. The van der Waals surface area contributed by atoms with Crippen molar-refractivity contribution >= 4 is 15.9 Å². The van der Waals surface area contributed by atoms with E-state index in [4.69, 9.17) is 15.2 Å². The van der Waals surface area contributed by atoms with Gasteiger partial charge in [0.1, 0.15) is 5.75 Å². The van der Waals surface area contributed by atoms with Gasteiger partial charge in [-0.25, -0.2) is 0 Å².